The van der Waals surface area contributed by atoms with E-state index in [2.05, 4.69) is 5.32 Å². The molecule has 3 rings (SSSR count). The molecule has 2 aromatic rings. The summed E-state index contributed by atoms with van der Waals surface area (Å²) in [7, 11) is 0. The predicted molar refractivity (Wildman–Crippen MR) is 81.0 cm³/mol. The molecule has 0 saturated heterocycles. The molecule has 0 bridgehead atoms. The fourth-order valence-corrected chi connectivity index (χ4v) is 2.53. The smallest absolute Gasteiger partial charge is 0.299 e. The number of nitro benzene ring substituents is 2. The second kappa shape index (κ2) is 5.44. The van der Waals surface area contributed by atoms with Crippen LogP contribution in [0.15, 0.2) is 48.5 Å². The molecule has 0 radical (unpaired) electrons. The van der Waals surface area contributed by atoms with Gasteiger partial charge in [0.1, 0.15) is 5.69 Å². The topological polar surface area (TPSA) is 98.3 Å². The molecule has 7 nitrogen and oxygen atoms in total. The molecular weight excluding hydrogens is 286 g/mol. The lowest BCUT2D eigenvalue weighted by Gasteiger charge is -2.07. The number of anilines is 1. The summed E-state index contributed by atoms with van der Waals surface area (Å²) in [6.45, 7) is 0. The Hall–Kier alpha value is -2.96. The molecular formula is C15H13N3O4. The van der Waals surface area contributed by atoms with E-state index in [1.807, 2.05) is 30.3 Å². The Morgan fingerprint density at radius 3 is 2.36 bits per heavy atom. The molecule has 1 saturated carbocycles. The normalized spacial score (nSPS) is 19.5. The quantitative estimate of drug-likeness (QED) is 0.673. The average Bonchev–Trinajstić information content (AvgIpc) is 3.27. The van der Waals surface area contributed by atoms with E-state index in [1.165, 1.54) is 17.7 Å². The van der Waals surface area contributed by atoms with Gasteiger partial charge in [0.05, 0.1) is 15.9 Å². The van der Waals surface area contributed by atoms with Crippen molar-refractivity contribution in [3.63, 3.8) is 0 Å². The van der Waals surface area contributed by atoms with Crippen LogP contribution in [0.25, 0.3) is 0 Å². The van der Waals surface area contributed by atoms with Crippen molar-refractivity contribution in [2.24, 2.45) is 0 Å². The average molecular weight is 299 g/mol. The summed E-state index contributed by atoms with van der Waals surface area (Å²) < 4.78 is 0. The molecule has 0 amide bonds. The predicted octanol–water partition coefficient (Wildman–Crippen LogP) is 3.47. The van der Waals surface area contributed by atoms with E-state index < -0.39 is 9.85 Å². The molecule has 2 unspecified atom stereocenters. The Morgan fingerprint density at radius 2 is 1.73 bits per heavy atom. The maximum absolute atomic E-state index is 11.1. The van der Waals surface area contributed by atoms with Crippen LogP contribution < -0.4 is 5.32 Å². The van der Waals surface area contributed by atoms with Crippen LogP contribution in [0.2, 0.25) is 0 Å². The Labute approximate surface area is 125 Å². The van der Waals surface area contributed by atoms with Crippen LogP contribution >= 0.6 is 0 Å². The number of benzene rings is 2. The zero-order chi connectivity index (χ0) is 15.7. The van der Waals surface area contributed by atoms with Gasteiger partial charge in [-0.1, -0.05) is 30.3 Å². The maximum atomic E-state index is 11.1. The summed E-state index contributed by atoms with van der Waals surface area (Å²) in [5, 5.41) is 24.9. The van der Waals surface area contributed by atoms with Crippen LogP contribution in [0.3, 0.4) is 0 Å². The molecule has 112 valence electrons. The number of nitrogens with zero attached hydrogens (tertiary/aromatic N) is 2. The van der Waals surface area contributed by atoms with Crippen molar-refractivity contribution in [1.29, 1.82) is 0 Å². The van der Waals surface area contributed by atoms with Gasteiger partial charge in [0, 0.05) is 18.0 Å². The molecule has 1 fully saturated rings. The van der Waals surface area contributed by atoms with E-state index in [9.17, 15) is 20.2 Å². The van der Waals surface area contributed by atoms with Gasteiger partial charge in [0.25, 0.3) is 11.4 Å². The van der Waals surface area contributed by atoms with Gasteiger partial charge in [-0.3, -0.25) is 20.2 Å². The highest BCUT2D eigenvalue weighted by atomic mass is 16.6. The van der Waals surface area contributed by atoms with Crippen molar-refractivity contribution in [3.05, 3.63) is 74.3 Å². The molecule has 2 atom stereocenters. The number of nitrogens with one attached hydrogen (secondary N) is 1. The molecule has 7 heteroatoms. The molecule has 1 aliphatic rings. The van der Waals surface area contributed by atoms with E-state index in [0.717, 1.165) is 12.5 Å². The van der Waals surface area contributed by atoms with Crippen LogP contribution in [0, 0.1) is 20.2 Å². The maximum Gasteiger partial charge on any atom is 0.299 e. The van der Waals surface area contributed by atoms with Crippen molar-refractivity contribution >= 4 is 17.1 Å². The first-order valence-corrected chi connectivity index (χ1v) is 6.80. The van der Waals surface area contributed by atoms with Gasteiger partial charge in [0.2, 0.25) is 0 Å². The SMILES string of the molecule is O=[N+]([O-])c1ccc(NC2CC2c2ccccc2)c([N+](=O)[O-])c1. The van der Waals surface area contributed by atoms with Crippen LogP contribution in [0.4, 0.5) is 17.1 Å². The first-order chi connectivity index (χ1) is 10.6. The highest BCUT2D eigenvalue weighted by Crippen LogP contribution is 2.44. The first-order valence-electron chi connectivity index (χ1n) is 6.80. The Kier molecular flexibility index (Phi) is 3.46. The highest BCUT2D eigenvalue weighted by Gasteiger charge is 2.39. The molecule has 1 aliphatic carbocycles. The van der Waals surface area contributed by atoms with Crippen molar-refractivity contribution in [2.75, 3.05) is 5.32 Å². The largest absolute Gasteiger partial charge is 0.376 e. The molecule has 0 aromatic heterocycles. The summed E-state index contributed by atoms with van der Waals surface area (Å²) >= 11 is 0. The Bertz CT molecular complexity index is 733. The van der Waals surface area contributed by atoms with Crippen molar-refractivity contribution in [1.82, 2.24) is 0 Å². The standard InChI is InChI=1S/C15H13N3O4/c19-17(20)11-6-7-13(15(8-11)18(21)22)16-14-9-12(14)10-4-2-1-3-5-10/h1-8,12,14,16H,9H2. The van der Waals surface area contributed by atoms with Gasteiger partial charge in [-0.15, -0.1) is 0 Å². The number of rotatable bonds is 5. The van der Waals surface area contributed by atoms with Crippen molar-refractivity contribution in [2.45, 2.75) is 18.4 Å². The van der Waals surface area contributed by atoms with Crippen LogP contribution in [0.5, 0.6) is 0 Å². The first kappa shape index (κ1) is 14.0. The molecule has 0 heterocycles. The fraction of sp³-hybridized carbons (Fsp3) is 0.200. The lowest BCUT2D eigenvalue weighted by molar-refractivity contribution is -0.393. The monoisotopic (exact) mass is 299 g/mol. The fourth-order valence-electron chi connectivity index (χ4n) is 2.53. The lowest BCUT2D eigenvalue weighted by Crippen LogP contribution is -2.07. The van der Waals surface area contributed by atoms with E-state index >= 15 is 0 Å². The molecule has 22 heavy (non-hydrogen) atoms. The third-order valence-corrected chi connectivity index (χ3v) is 3.75. The number of hydrogen-bond donors (Lipinski definition) is 1. The number of non-ortho nitro benzene ring substituents is 1. The summed E-state index contributed by atoms with van der Waals surface area (Å²) in [5.74, 6) is 0.316. The molecule has 1 N–H and O–H groups in total. The van der Waals surface area contributed by atoms with Crippen LogP contribution in [-0.2, 0) is 0 Å². The minimum atomic E-state index is -0.638. The van der Waals surface area contributed by atoms with E-state index in [1.54, 1.807) is 0 Å². The van der Waals surface area contributed by atoms with Crippen molar-refractivity contribution in [3.8, 4) is 0 Å². The lowest BCUT2D eigenvalue weighted by atomic mass is 10.1. The van der Waals surface area contributed by atoms with Gasteiger partial charge < -0.3 is 5.32 Å². The Morgan fingerprint density at radius 1 is 1.00 bits per heavy atom. The zero-order valence-corrected chi connectivity index (χ0v) is 11.5. The van der Waals surface area contributed by atoms with Crippen molar-refractivity contribution < 1.29 is 9.85 Å². The van der Waals surface area contributed by atoms with E-state index in [-0.39, 0.29) is 17.4 Å². The Balaban J connectivity index is 1.79. The summed E-state index contributed by atoms with van der Waals surface area (Å²) in [6.07, 6.45) is 0.887. The van der Waals surface area contributed by atoms with Gasteiger partial charge >= 0.3 is 0 Å². The summed E-state index contributed by atoms with van der Waals surface area (Å²) in [5.41, 5.74) is 0.948. The highest BCUT2D eigenvalue weighted by molar-refractivity contribution is 5.66. The molecule has 0 aliphatic heterocycles. The number of nitro groups is 2. The third kappa shape index (κ3) is 2.73. The minimum absolute atomic E-state index is 0.113. The van der Waals surface area contributed by atoms with Gasteiger partial charge in [0.15, 0.2) is 0 Å². The second-order valence-electron chi connectivity index (χ2n) is 5.22. The number of hydrogen-bond acceptors (Lipinski definition) is 5. The molecule has 2 aromatic carbocycles. The van der Waals surface area contributed by atoms with Crippen LogP contribution in [-0.4, -0.2) is 15.9 Å². The third-order valence-electron chi connectivity index (χ3n) is 3.75. The van der Waals surface area contributed by atoms with Crippen LogP contribution in [0.1, 0.15) is 17.9 Å². The molecule has 0 spiro atoms. The van der Waals surface area contributed by atoms with Gasteiger partial charge in [-0.2, -0.15) is 0 Å². The summed E-state index contributed by atoms with van der Waals surface area (Å²) in [4.78, 5) is 20.6. The van der Waals surface area contributed by atoms with E-state index in [0.29, 0.717) is 11.6 Å². The summed E-state index contributed by atoms with van der Waals surface area (Å²) in [6, 6.07) is 13.7. The van der Waals surface area contributed by atoms with Gasteiger partial charge in [-0.05, 0) is 18.1 Å². The minimum Gasteiger partial charge on any atom is -0.376 e. The second-order valence-corrected chi connectivity index (χ2v) is 5.22. The van der Waals surface area contributed by atoms with Gasteiger partial charge in [-0.25, -0.2) is 0 Å². The van der Waals surface area contributed by atoms with E-state index in [4.69, 9.17) is 0 Å². The zero-order valence-electron chi connectivity index (χ0n) is 11.5.